The molecule has 6 nitrogen and oxygen atoms in total. The van der Waals surface area contributed by atoms with E-state index < -0.39 is 5.91 Å². The lowest BCUT2D eigenvalue weighted by Crippen LogP contribution is -2.38. The molecule has 0 spiro atoms. The predicted molar refractivity (Wildman–Crippen MR) is 98.0 cm³/mol. The lowest BCUT2D eigenvalue weighted by Gasteiger charge is -2.09. The Balaban J connectivity index is 1.74. The molecule has 0 atom stereocenters. The lowest BCUT2D eigenvalue weighted by molar-refractivity contribution is -0.127. The number of rotatable bonds is 8. The molecule has 0 saturated heterocycles. The zero-order valence-corrected chi connectivity index (χ0v) is 14.5. The van der Waals surface area contributed by atoms with Crippen molar-refractivity contribution >= 4 is 11.8 Å². The topological polar surface area (TPSA) is 76.7 Å². The number of terminal acetylenes is 1. The molecule has 0 unspecified atom stereocenters. The van der Waals surface area contributed by atoms with Gasteiger partial charge in [-0.3, -0.25) is 9.59 Å². The van der Waals surface area contributed by atoms with Gasteiger partial charge in [0.25, 0.3) is 5.91 Å². The van der Waals surface area contributed by atoms with Crippen molar-refractivity contribution in [3.63, 3.8) is 0 Å². The van der Waals surface area contributed by atoms with Crippen LogP contribution in [0.25, 0.3) is 0 Å². The summed E-state index contributed by atoms with van der Waals surface area (Å²) in [6.07, 6.45) is 5.02. The van der Waals surface area contributed by atoms with Gasteiger partial charge in [-0.05, 0) is 43.3 Å². The number of amides is 2. The molecule has 26 heavy (non-hydrogen) atoms. The van der Waals surface area contributed by atoms with Gasteiger partial charge in [0.05, 0.1) is 13.1 Å². The van der Waals surface area contributed by atoms with Gasteiger partial charge in [-0.15, -0.1) is 6.42 Å². The van der Waals surface area contributed by atoms with Crippen molar-refractivity contribution in [2.45, 2.75) is 6.92 Å². The molecular formula is C20H20N2O4. The fourth-order valence-corrected chi connectivity index (χ4v) is 1.94. The summed E-state index contributed by atoms with van der Waals surface area (Å²) in [6, 6.07) is 14.6. The summed E-state index contributed by atoms with van der Waals surface area (Å²) < 4.78 is 11.1. The van der Waals surface area contributed by atoms with E-state index in [9.17, 15) is 9.59 Å². The Morgan fingerprint density at radius 3 is 2.12 bits per heavy atom. The van der Waals surface area contributed by atoms with E-state index in [0.717, 1.165) is 11.3 Å². The summed E-state index contributed by atoms with van der Waals surface area (Å²) >= 11 is 0. The van der Waals surface area contributed by atoms with Crippen molar-refractivity contribution in [3.8, 4) is 29.6 Å². The van der Waals surface area contributed by atoms with E-state index in [-0.39, 0.29) is 25.6 Å². The Bertz CT molecular complexity index is 777. The van der Waals surface area contributed by atoms with E-state index in [2.05, 4.69) is 16.6 Å². The third-order valence-corrected chi connectivity index (χ3v) is 3.28. The normalized spacial score (nSPS) is 9.69. The van der Waals surface area contributed by atoms with E-state index in [0.29, 0.717) is 11.5 Å². The van der Waals surface area contributed by atoms with Crippen LogP contribution in [0.4, 0.5) is 0 Å². The quantitative estimate of drug-likeness (QED) is 0.713. The van der Waals surface area contributed by atoms with Crippen molar-refractivity contribution < 1.29 is 19.1 Å². The monoisotopic (exact) mass is 352 g/mol. The van der Waals surface area contributed by atoms with E-state index >= 15 is 0 Å². The van der Waals surface area contributed by atoms with Crippen LogP contribution in [0.2, 0.25) is 0 Å². The van der Waals surface area contributed by atoms with E-state index in [4.69, 9.17) is 15.9 Å². The van der Waals surface area contributed by atoms with E-state index in [1.165, 1.54) is 0 Å². The van der Waals surface area contributed by atoms with Crippen LogP contribution in [0.15, 0.2) is 48.5 Å². The Kier molecular flexibility index (Phi) is 7.07. The first-order valence-electron chi connectivity index (χ1n) is 8.01. The number of hydrogen-bond donors (Lipinski definition) is 2. The molecule has 0 aromatic heterocycles. The van der Waals surface area contributed by atoms with Gasteiger partial charge in [0.2, 0.25) is 5.91 Å². The van der Waals surface area contributed by atoms with Gasteiger partial charge in [-0.2, -0.15) is 0 Å². The first-order chi connectivity index (χ1) is 12.6. The number of benzene rings is 2. The van der Waals surface area contributed by atoms with Crippen LogP contribution in [0.1, 0.15) is 5.56 Å². The number of nitrogens with one attached hydrogen (secondary N) is 2. The second-order valence-corrected chi connectivity index (χ2v) is 5.43. The Labute approximate surface area is 152 Å². The summed E-state index contributed by atoms with van der Waals surface area (Å²) in [5.41, 5.74) is 1.16. The van der Waals surface area contributed by atoms with Crippen molar-refractivity contribution in [1.82, 2.24) is 10.6 Å². The fraction of sp³-hybridized carbons (Fsp3) is 0.200. The number of ether oxygens (including phenoxy) is 2. The van der Waals surface area contributed by atoms with E-state index in [1.807, 2.05) is 31.2 Å². The molecule has 2 aromatic rings. The molecule has 134 valence electrons. The molecule has 0 bridgehead atoms. The first kappa shape index (κ1) is 18.9. The van der Waals surface area contributed by atoms with Gasteiger partial charge in [0, 0.05) is 0 Å². The third-order valence-electron chi connectivity index (χ3n) is 3.28. The fourth-order valence-electron chi connectivity index (χ4n) is 1.94. The van der Waals surface area contributed by atoms with Gasteiger partial charge in [0.1, 0.15) is 17.2 Å². The maximum Gasteiger partial charge on any atom is 0.258 e. The molecule has 0 aliphatic heterocycles. The minimum absolute atomic E-state index is 0.127. The standard InChI is InChI=1S/C20H20N2O4/c1-3-12-21-19(23)13-22-20(24)14-25-16-8-10-18(11-9-16)26-17-6-4-15(2)5-7-17/h1,4-11H,12-14H2,2H3,(H,21,23)(H,22,24). The summed E-state index contributed by atoms with van der Waals surface area (Å²) in [6.45, 7) is 1.80. The zero-order chi connectivity index (χ0) is 18.8. The molecule has 6 heteroatoms. The summed E-state index contributed by atoms with van der Waals surface area (Å²) in [7, 11) is 0. The van der Waals surface area contributed by atoms with Gasteiger partial charge in [-0.1, -0.05) is 23.6 Å². The van der Waals surface area contributed by atoms with Crippen molar-refractivity contribution in [2.75, 3.05) is 19.7 Å². The smallest absolute Gasteiger partial charge is 0.258 e. The van der Waals surface area contributed by atoms with Gasteiger partial charge >= 0.3 is 0 Å². The van der Waals surface area contributed by atoms with Crippen LogP contribution < -0.4 is 20.1 Å². The number of carbonyl (C=O) groups is 2. The molecule has 0 aliphatic carbocycles. The van der Waals surface area contributed by atoms with Crippen LogP contribution in [0.5, 0.6) is 17.2 Å². The second-order valence-electron chi connectivity index (χ2n) is 5.43. The molecule has 2 N–H and O–H groups in total. The molecule has 0 saturated carbocycles. The number of hydrogen-bond acceptors (Lipinski definition) is 4. The summed E-state index contributed by atoms with van der Waals surface area (Å²) in [4.78, 5) is 23.0. The minimum Gasteiger partial charge on any atom is -0.484 e. The SMILES string of the molecule is C#CCNC(=O)CNC(=O)COc1ccc(Oc2ccc(C)cc2)cc1. The highest BCUT2D eigenvalue weighted by Gasteiger charge is 2.06. The zero-order valence-electron chi connectivity index (χ0n) is 14.5. The maximum absolute atomic E-state index is 11.6. The number of aryl methyl sites for hydroxylation is 1. The average molecular weight is 352 g/mol. The first-order valence-corrected chi connectivity index (χ1v) is 8.01. The van der Waals surface area contributed by atoms with Crippen molar-refractivity contribution in [1.29, 1.82) is 0 Å². The maximum atomic E-state index is 11.6. The highest BCUT2D eigenvalue weighted by Crippen LogP contribution is 2.24. The Morgan fingerprint density at radius 2 is 1.50 bits per heavy atom. The van der Waals surface area contributed by atoms with Crippen molar-refractivity contribution in [2.24, 2.45) is 0 Å². The molecule has 2 amide bonds. The highest BCUT2D eigenvalue weighted by molar-refractivity contribution is 5.85. The Morgan fingerprint density at radius 1 is 0.923 bits per heavy atom. The minimum atomic E-state index is -0.402. The Hall–Kier alpha value is -3.46. The molecular weight excluding hydrogens is 332 g/mol. The van der Waals surface area contributed by atoms with Crippen LogP contribution >= 0.6 is 0 Å². The number of carbonyl (C=O) groups excluding carboxylic acids is 2. The van der Waals surface area contributed by atoms with Crippen LogP contribution in [0.3, 0.4) is 0 Å². The molecule has 2 aromatic carbocycles. The van der Waals surface area contributed by atoms with E-state index in [1.54, 1.807) is 24.3 Å². The van der Waals surface area contributed by atoms with Crippen LogP contribution in [0, 0.1) is 19.3 Å². The second kappa shape index (κ2) is 9.74. The van der Waals surface area contributed by atoms with Crippen LogP contribution in [-0.2, 0) is 9.59 Å². The van der Waals surface area contributed by atoms with Gasteiger partial charge in [0.15, 0.2) is 6.61 Å². The molecule has 0 radical (unpaired) electrons. The predicted octanol–water partition coefficient (Wildman–Crippen LogP) is 2.03. The third kappa shape index (κ3) is 6.57. The lowest BCUT2D eigenvalue weighted by atomic mass is 10.2. The largest absolute Gasteiger partial charge is 0.484 e. The molecule has 0 heterocycles. The average Bonchev–Trinajstić information content (AvgIpc) is 2.66. The van der Waals surface area contributed by atoms with Crippen molar-refractivity contribution in [3.05, 3.63) is 54.1 Å². The summed E-state index contributed by atoms with van der Waals surface area (Å²) in [5.74, 6) is 3.45. The molecule has 0 fully saturated rings. The highest BCUT2D eigenvalue weighted by atomic mass is 16.5. The van der Waals surface area contributed by atoms with Gasteiger partial charge in [-0.25, -0.2) is 0 Å². The molecule has 2 rings (SSSR count). The van der Waals surface area contributed by atoms with Crippen LogP contribution in [-0.4, -0.2) is 31.5 Å². The summed E-state index contributed by atoms with van der Waals surface area (Å²) in [5, 5.41) is 4.89. The van der Waals surface area contributed by atoms with Gasteiger partial charge < -0.3 is 20.1 Å². The molecule has 0 aliphatic rings.